The lowest BCUT2D eigenvalue weighted by molar-refractivity contribution is 0.652. The molecule has 262 valence electrons. The lowest BCUT2D eigenvalue weighted by Crippen LogP contribution is -2.16. The molecule has 3 nitrogen and oxygen atoms in total. The fourth-order valence-electron chi connectivity index (χ4n) is 9.37. The van der Waals surface area contributed by atoms with Crippen molar-refractivity contribution in [3.63, 3.8) is 0 Å². The lowest BCUT2D eigenvalue weighted by atomic mass is 9.79. The fourth-order valence-corrected chi connectivity index (χ4v) is 9.37. The Kier molecular flexibility index (Phi) is 6.65. The van der Waals surface area contributed by atoms with Crippen molar-refractivity contribution < 1.29 is 4.42 Å². The smallest absolute Gasteiger partial charge is 0.231 e. The largest absolute Gasteiger partial charge is 0.438 e. The molecule has 0 N–H and O–H groups in total. The van der Waals surface area contributed by atoms with Crippen molar-refractivity contribution in [2.24, 2.45) is 0 Å². The summed E-state index contributed by atoms with van der Waals surface area (Å²) in [5, 5.41) is 1.96. The van der Waals surface area contributed by atoms with E-state index in [1.807, 2.05) is 36.4 Å². The highest BCUT2D eigenvalue weighted by molar-refractivity contribution is 6.10. The minimum Gasteiger partial charge on any atom is -0.438 e. The van der Waals surface area contributed by atoms with Gasteiger partial charge in [-0.15, -0.1) is 0 Å². The predicted molar refractivity (Wildman–Crippen MR) is 226 cm³/mol. The maximum Gasteiger partial charge on any atom is 0.231 e. The van der Waals surface area contributed by atoms with Gasteiger partial charge in [0.2, 0.25) is 5.71 Å². The fraction of sp³-hybridized carbons (Fsp3) is 0.115. The molecule has 0 unspecified atom stereocenters. The summed E-state index contributed by atoms with van der Waals surface area (Å²) in [6.07, 6.45) is 0. The Morgan fingerprint density at radius 1 is 0.400 bits per heavy atom. The van der Waals surface area contributed by atoms with Crippen molar-refractivity contribution in [3.05, 3.63) is 180 Å². The molecule has 0 aliphatic heterocycles. The van der Waals surface area contributed by atoms with E-state index in [2.05, 4.69) is 149 Å². The van der Waals surface area contributed by atoms with E-state index in [1.54, 1.807) is 0 Å². The van der Waals surface area contributed by atoms with Crippen LogP contribution in [-0.4, -0.2) is 9.97 Å². The van der Waals surface area contributed by atoms with Crippen LogP contribution in [0.1, 0.15) is 49.9 Å². The van der Waals surface area contributed by atoms with Crippen LogP contribution in [0.15, 0.2) is 162 Å². The van der Waals surface area contributed by atoms with Crippen LogP contribution in [-0.2, 0) is 10.8 Å². The van der Waals surface area contributed by atoms with Gasteiger partial charge in [-0.25, -0.2) is 4.98 Å². The predicted octanol–water partition coefficient (Wildman–Crippen LogP) is 13.7. The zero-order chi connectivity index (χ0) is 37.1. The molecule has 2 aromatic heterocycles. The first-order valence-corrected chi connectivity index (χ1v) is 19.2. The monoisotopic (exact) mass is 706 g/mol. The summed E-state index contributed by atoms with van der Waals surface area (Å²) in [5.74, 6) is 0.643. The first kappa shape index (κ1) is 31.9. The molecule has 0 saturated heterocycles. The molecule has 3 heteroatoms. The van der Waals surface area contributed by atoms with Gasteiger partial charge in [-0.1, -0.05) is 155 Å². The van der Waals surface area contributed by atoms with E-state index in [1.165, 1.54) is 61.2 Å². The minimum atomic E-state index is -0.0794. The van der Waals surface area contributed by atoms with E-state index in [-0.39, 0.29) is 10.8 Å². The van der Waals surface area contributed by atoms with E-state index in [0.29, 0.717) is 11.5 Å². The summed E-state index contributed by atoms with van der Waals surface area (Å²) >= 11 is 0. The number of nitrogens with zero attached hydrogens (tertiary/aromatic N) is 2. The molecule has 0 amide bonds. The Balaban J connectivity index is 0.954. The molecule has 0 bridgehead atoms. The zero-order valence-corrected chi connectivity index (χ0v) is 31.3. The second-order valence-electron chi connectivity index (χ2n) is 16.2. The van der Waals surface area contributed by atoms with Gasteiger partial charge in [0.25, 0.3) is 0 Å². The molecule has 2 aliphatic carbocycles. The SMILES string of the molecule is CC1(C)c2ccccc2-c2cc3c(cc21)-c1cc(-c2cccc(-c4ccc(-c5nc(-c6ccccc6)c6c(n5)oc5ccccc56)cc4)c2)ccc1C3(C)C. The maximum atomic E-state index is 6.27. The topological polar surface area (TPSA) is 38.9 Å². The van der Waals surface area contributed by atoms with Crippen LogP contribution in [0.5, 0.6) is 0 Å². The van der Waals surface area contributed by atoms with E-state index in [4.69, 9.17) is 14.4 Å². The first-order chi connectivity index (χ1) is 26.8. The molecule has 0 saturated carbocycles. The molecule has 11 rings (SSSR count). The summed E-state index contributed by atoms with van der Waals surface area (Å²) in [6, 6.07) is 56.9. The number of rotatable bonds is 4. The van der Waals surface area contributed by atoms with Gasteiger partial charge < -0.3 is 4.42 Å². The molecule has 7 aromatic carbocycles. The van der Waals surface area contributed by atoms with Crippen molar-refractivity contribution in [2.75, 3.05) is 0 Å². The highest BCUT2D eigenvalue weighted by Crippen LogP contribution is 2.56. The molecule has 0 radical (unpaired) electrons. The number of hydrogen-bond acceptors (Lipinski definition) is 3. The minimum absolute atomic E-state index is 0.0359. The van der Waals surface area contributed by atoms with Gasteiger partial charge in [0, 0.05) is 27.3 Å². The quantitative estimate of drug-likeness (QED) is 0.183. The maximum absolute atomic E-state index is 6.27. The van der Waals surface area contributed by atoms with Gasteiger partial charge in [0.05, 0.1) is 11.1 Å². The molecular weight excluding hydrogens is 669 g/mol. The van der Waals surface area contributed by atoms with Crippen LogP contribution in [0, 0.1) is 0 Å². The van der Waals surface area contributed by atoms with E-state index in [0.717, 1.165) is 38.7 Å². The van der Waals surface area contributed by atoms with Gasteiger partial charge in [0.1, 0.15) is 5.58 Å². The average molecular weight is 707 g/mol. The van der Waals surface area contributed by atoms with Crippen molar-refractivity contribution in [2.45, 2.75) is 38.5 Å². The van der Waals surface area contributed by atoms with Gasteiger partial charge >= 0.3 is 0 Å². The Labute approximate surface area is 321 Å². The number of aromatic nitrogens is 2. The van der Waals surface area contributed by atoms with Crippen LogP contribution >= 0.6 is 0 Å². The molecule has 55 heavy (non-hydrogen) atoms. The molecular formula is C52H38N2O. The first-order valence-electron chi connectivity index (χ1n) is 19.2. The molecule has 9 aromatic rings. The summed E-state index contributed by atoms with van der Waals surface area (Å²) < 4.78 is 6.27. The number of hydrogen-bond donors (Lipinski definition) is 0. The highest BCUT2D eigenvalue weighted by atomic mass is 16.3. The summed E-state index contributed by atoms with van der Waals surface area (Å²) in [4.78, 5) is 10.1. The van der Waals surface area contributed by atoms with E-state index >= 15 is 0 Å². The van der Waals surface area contributed by atoms with Gasteiger partial charge in [0.15, 0.2) is 5.82 Å². The normalized spacial score (nSPS) is 14.5. The summed E-state index contributed by atoms with van der Waals surface area (Å²) in [7, 11) is 0. The van der Waals surface area contributed by atoms with E-state index in [9.17, 15) is 0 Å². The number of para-hydroxylation sites is 1. The lowest BCUT2D eigenvalue weighted by Gasteiger charge is -2.24. The van der Waals surface area contributed by atoms with Gasteiger partial charge in [-0.3, -0.25) is 0 Å². The second-order valence-corrected chi connectivity index (χ2v) is 16.2. The molecule has 0 atom stereocenters. The third-order valence-corrected chi connectivity index (χ3v) is 12.3. The van der Waals surface area contributed by atoms with Crippen LogP contribution in [0.4, 0.5) is 0 Å². The Hall–Kier alpha value is -6.58. The number of furan rings is 1. The molecule has 0 spiro atoms. The molecule has 0 fully saturated rings. The Bertz CT molecular complexity index is 3020. The standard InChI is InChI=1S/C52H38N2O/c1-51(2)42-19-10-8-17-37(42)40-29-45-41(30-44(40)51)39-28-36(25-26-43(39)52(45,3)4)35-16-12-15-34(27-35)31-21-23-33(24-22-31)49-53-48(32-13-6-5-7-14-32)47-38-18-9-11-20-46(38)55-50(47)54-49/h5-30H,1-4H3. The highest BCUT2D eigenvalue weighted by Gasteiger charge is 2.41. The van der Waals surface area contributed by atoms with Crippen LogP contribution in [0.2, 0.25) is 0 Å². The van der Waals surface area contributed by atoms with Gasteiger partial charge in [-0.2, -0.15) is 4.98 Å². The third kappa shape index (κ3) is 4.69. The van der Waals surface area contributed by atoms with Crippen LogP contribution < -0.4 is 0 Å². The molecule has 2 aliphatic rings. The second kappa shape index (κ2) is 11.5. The number of fused-ring (bicyclic) bond motifs is 9. The van der Waals surface area contributed by atoms with Crippen molar-refractivity contribution in [1.82, 2.24) is 9.97 Å². The number of benzene rings is 7. The van der Waals surface area contributed by atoms with Crippen LogP contribution in [0.3, 0.4) is 0 Å². The zero-order valence-electron chi connectivity index (χ0n) is 31.3. The average Bonchev–Trinajstić information content (AvgIpc) is 3.79. The summed E-state index contributed by atoms with van der Waals surface area (Å²) in [5.41, 5.74) is 20.0. The van der Waals surface area contributed by atoms with E-state index < -0.39 is 0 Å². The van der Waals surface area contributed by atoms with Crippen LogP contribution in [0.25, 0.3) is 89.2 Å². The van der Waals surface area contributed by atoms with Crippen molar-refractivity contribution >= 4 is 22.1 Å². The van der Waals surface area contributed by atoms with Gasteiger partial charge in [-0.05, 0) is 97.1 Å². The third-order valence-electron chi connectivity index (χ3n) is 12.3. The molecule has 2 heterocycles. The Morgan fingerprint density at radius 3 is 1.75 bits per heavy atom. The summed E-state index contributed by atoms with van der Waals surface area (Å²) in [6.45, 7) is 9.49. The van der Waals surface area contributed by atoms with Crippen molar-refractivity contribution in [3.8, 4) is 67.2 Å². The Morgan fingerprint density at radius 2 is 0.964 bits per heavy atom. The van der Waals surface area contributed by atoms with Crippen molar-refractivity contribution in [1.29, 1.82) is 0 Å².